The van der Waals surface area contributed by atoms with Gasteiger partial charge in [-0.25, -0.2) is 4.79 Å². The highest BCUT2D eigenvalue weighted by Crippen LogP contribution is 2.29. The molecule has 2 amide bonds. The van der Waals surface area contributed by atoms with Crippen LogP contribution in [0.1, 0.15) is 111 Å². The second kappa shape index (κ2) is 19.1. The van der Waals surface area contributed by atoms with Crippen LogP contribution < -0.4 is 5.32 Å². The minimum absolute atomic E-state index is 0.123. The van der Waals surface area contributed by atoms with Crippen molar-refractivity contribution in [2.24, 2.45) is 17.8 Å². The van der Waals surface area contributed by atoms with Crippen molar-refractivity contribution in [1.29, 1.82) is 0 Å². The molecule has 6 atom stereocenters. The van der Waals surface area contributed by atoms with Crippen LogP contribution in [0.4, 0.5) is 4.79 Å². The van der Waals surface area contributed by atoms with E-state index in [1.165, 1.54) is 38.5 Å². The van der Waals surface area contributed by atoms with Gasteiger partial charge in [0.15, 0.2) is 6.10 Å². The molecule has 0 aromatic rings. The first-order valence-corrected chi connectivity index (χ1v) is 19.0. The number of amides is 2. The molecule has 2 aliphatic carbocycles. The Kier molecular flexibility index (Phi) is 15.2. The number of hydrogen-bond acceptors (Lipinski definition) is 8. The van der Waals surface area contributed by atoms with Crippen molar-refractivity contribution >= 4 is 18.0 Å². The van der Waals surface area contributed by atoms with E-state index < -0.39 is 36.0 Å². The number of cyclic esters (lactones) is 1. The van der Waals surface area contributed by atoms with E-state index in [4.69, 9.17) is 9.47 Å². The topological polar surface area (TPSA) is 129 Å². The van der Waals surface area contributed by atoms with Crippen LogP contribution in [0.2, 0.25) is 0 Å². The molecule has 276 valence electrons. The van der Waals surface area contributed by atoms with Gasteiger partial charge in [-0.3, -0.25) is 14.5 Å². The van der Waals surface area contributed by atoms with Gasteiger partial charge in [-0.1, -0.05) is 76.7 Å². The van der Waals surface area contributed by atoms with Gasteiger partial charge in [0.25, 0.3) is 0 Å². The SMILES string of the molecule is C/C(=C\C=C\C(C)CNC(=O)C1CCCC1)[C@H]1OC(=O)C[C@@H](O)CC[C@](C)(O)[C@@H](OC(=O)N2CCN(C3CCCCCC3)CC2)/C=C/[C@@H]1C. The van der Waals surface area contributed by atoms with Crippen molar-refractivity contribution in [3.63, 3.8) is 0 Å². The van der Waals surface area contributed by atoms with Crippen LogP contribution in [0.3, 0.4) is 0 Å². The molecule has 1 saturated heterocycles. The van der Waals surface area contributed by atoms with Crippen LogP contribution >= 0.6 is 0 Å². The Morgan fingerprint density at radius 1 is 1.04 bits per heavy atom. The summed E-state index contributed by atoms with van der Waals surface area (Å²) in [5.41, 5.74) is -0.646. The summed E-state index contributed by atoms with van der Waals surface area (Å²) < 4.78 is 11.9. The van der Waals surface area contributed by atoms with Crippen LogP contribution in [0.15, 0.2) is 36.0 Å². The number of carbonyl (C=O) groups is 3. The lowest BCUT2D eigenvalue weighted by Crippen LogP contribution is -2.53. The highest BCUT2D eigenvalue weighted by Gasteiger charge is 2.37. The van der Waals surface area contributed by atoms with Gasteiger partial charge in [-0.2, -0.15) is 0 Å². The number of nitrogens with one attached hydrogen (secondary N) is 1. The summed E-state index contributed by atoms with van der Waals surface area (Å²) in [6.45, 7) is 10.8. The lowest BCUT2D eigenvalue weighted by Gasteiger charge is -2.40. The first-order chi connectivity index (χ1) is 23.4. The third-order valence-electron chi connectivity index (χ3n) is 11.0. The second-order valence-corrected chi connectivity index (χ2v) is 15.4. The number of esters is 1. The van der Waals surface area contributed by atoms with E-state index in [9.17, 15) is 24.6 Å². The summed E-state index contributed by atoms with van der Waals surface area (Å²) in [6.07, 6.45) is 18.3. The molecule has 2 aliphatic heterocycles. The Labute approximate surface area is 294 Å². The Hall–Kier alpha value is -2.69. The fourth-order valence-corrected chi connectivity index (χ4v) is 7.68. The first kappa shape index (κ1) is 39.1. The summed E-state index contributed by atoms with van der Waals surface area (Å²) in [5.74, 6) is -0.418. The molecule has 10 heteroatoms. The van der Waals surface area contributed by atoms with Crippen LogP contribution in [0, 0.1) is 17.8 Å². The van der Waals surface area contributed by atoms with Crippen LogP contribution in [0.25, 0.3) is 0 Å². The fraction of sp³-hybridized carbons (Fsp3) is 0.769. The highest BCUT2D eigenvalue weighted by molar-refractivity contribution is 5.78. The minimum Gasteiger partial charge on any atom is -0.457 e. The monoisotopic (exact) mass is 685 g/mol. The van der Waals surface area contributed by atoms with E-state index in [2.05, 4.69) is 10.2 Å². The number of rotatable bonds is 8. The number of aliphatic hydroxyl groups excluding tert-OH is 1. The molecule has 2 heterocycles. The van der Waals surface area contributed by atoms with Gasteiger partial charge in [0.05, 0.1) is 12.5 Å². The normalized spacial score (nSPS) is 32.1. The van der Waals surface area contributed by atoms with Crippen molar-refractivity contribution in [1.82, 2.24) is 15.1 Å². The quantitative estimate of drug-likeness (QED) is 0.129. The molecule has 0 aromatic carbocycles. The van der Waals surface area contributed by atoms with E-state index in [1.807, 2.05) is 45.1 Å². The predicted octanol–water partition coefficient (Wildman–Crippen LogP) is 5.68. The molecule has 2 saturated carbocycles. The smallest absolute Gasteiger partial charge is 0.410 e. The Morgan fingerprint density at radius 2 is 1.69 bits per heavy atom. The van der Waals surface area contributed by atoms with Gasteiger partial charge in [-0.15, -0.1) is 0 Å². The van der Waals surface area contributed by atoms with Crippen LogP contribution in [-0.2, 0) is 19.1 Å². The summed E-state index contributed by atoms with van der Waals surface area (Å²) in [5, 5.41) is 25.3. The molecule has 0 spiro atoms. The summed E-state index contributed by atoms with van der Waals surface area (Å²) in [4.78, 5) is 43.0. The largest absolute Gasteiger partial charge is 0.457 e. The molecule has 0 bridgehead atoms. The van der Waals surface area contributed by atoms with Crippen molar-refractivity contribution in [2.75, 3.05) is 32.7 Å². The van der Waals surface area contributed by atoms with Crippen LogP contribution in [-0.4, -0.2) is 101 Å². The molecule has 10 nitrogen and oxygen atoms in total. The van der Waals surface area contributed by atoms with Crippen molar-refractivity contribution in [3.8, 4) is 0 Å². The Balaban J connectivity index is 1.40. The first-order valence-electron chi connectivity index (χ1n) is 19.0. The van der Waals surface area contributed by atoms with E-state index in [0.717, 1.165) is 44.3 Å². The highest BCUT2D eigenvalue weighted by atomic mass is 16.6. The van der Waals surface area contributed by atoms with Crippen LogP contribution in [0.5, 0.6) is 0 Å². The number of aliphatic hydroxyl groups is 2. The summed E-state index contributed by atoms with van der Waals surface area (Å²) >= 11 is 0. The van der Waals surface area contributed by atoms with Crippen molar-refractivity contribution in [3.05, 3.63) is 36.0 Å². The fourth-order valence-electron chi connectivity index (χ4n) is 7.68. The van der Waals surface area contributed by atoms with Gasteiger partial charge in [-0.05, 0) is 69.9 Å². The molecule has 49 heavy (non-hydrogen) atoms. The number of hydrogen-bond donors (Lipinski definition) is 3. The molecule has 0 radical (unpaired) electrons. The molecule has 4 rings (SSSR count). The maximum atomic E-state index is 13.4. The van der Waals surface area contributed by atoms with Gasteiger partial charge < -0.3 is 29.9 Å². The molecule has 4 aliphatic rings. The van der Waals surface area contributed by atoms with Crippen molar-refractivity contribution < 1.29 is 34.1 Å². The van der Waals surface area contributed by atoms with Gasteiger partial charge in [0.1, 0.15) is 11.7 Å². The van der Waals surface area contributed by atoms with Gasteiger partial charge in [0, 0.05) is 50.6 Å². The molecular weight excluding hydrogens is 622 g/mol. The molecule has 3 fully saturated rings. The number of piperazine rings is 1. The Morgan fingerprint density at radius 3 is 2.37 bits per heavy atom. The molecule has 0 aromatic heterocycles. The van der Waals surface area contributed by atoms with E-state index in [1.54, 1.807) is 17.9 Å². The average molecular weight is 686 g/mol. The summed E-state index contributed by atoms with van der Waals surface area (Å²) in [6, 6.07) is 0.593. The van der Waals surface area contributed by atoms with Crippen molar-refractivity contribution in [2.45, 2.75) is 141 Å². The maximum Gasteiger partial charge on any atom is 0.410 e. The standard InChI is InChI=1S/C39H63N3O7/c1-28(27-40-37(45)31-14-9-10-15-31)12-11-13-29(2)36-30(3)18-19-34(39(4,47)21-20-33(43)26-35(44)49-36)48-38(46)42-24-22-41(23-25-42)32-16-7-5-6-8-17-32/h11-13,18-19,28,30-34,36,43,47H,5-10,14-17,20-27H2,1-4H3,(H,40,45)/b12-11+,19-18+,29-13+/t28?,30-,33-,34-,36+,39-/m0/s1. The minimum atomic E-state index is -1.45. The predicted molar refractivity (Wildman–Crippen MR) is 191 cm³/mol. The maximum absolute atomic E-state index is 13.4. The number of ether oxygens (including phenoxy) is 2. The van der Waals surface area contributed by atoms with E-state index in [-0.39, 0.29) is 42.9 Å². The van der Waals surface area contributed by atoms with Gasteiger partial charge >= 0.3 is 12.1 Å². The third kappa shape index (κ3) is 12.2. The van der Waals surface area contributed by atoms with E-state index in [0.29, 0.717) is 25.7 Å². The third-order valence-corrected chi connectivity index (χ3v) is 11.0. The molecule has 3 N–H and O–H groups in total. The van der Waals surface area contributed by atoms with Gasteiger partial charge in [0.2, 0.25) is 5.91 Å². The second-order valence-electron chi connectivity index (χ2n) is 15.4. The zero-order valence-corrected chi connectivity index (χ0v) is 30.5. The zero-order chi connectivity index (χ0) is 35.4. The lowest BCUT2D eigenvalue weighted by molar-refractivity contribution is -0.151. The van der Waals surface area contributed by atoms with E-state index >= 15 is 0 Å². The molecular formula is C39H63N3O7. The molecule has 1 unspecified atom stereocenters. The summed E-state index contributed by atoms with van der Waals surface area (Å²) in [7, 11) is 0. The lowest BCUT2D eigenvalue weighted by atomic mass is 9.89. The number of carbonyl (C=O) groups excluding carboxylic acids is 3. The Bertz CT molecular complexity index is 1160. The average Bonchev–Trinajstić information content (AvgIpc) is 3.49. The number of nitrogens with zero attached hydrogens (tertiary/aromatic N) is 2. The zero-order valence-electron chi connectivity index (χ0n) is 30.5. The number of allylic oxidation sites excluding steroid dienone is 2.